The van der Waals surface area contributed by atoms with Crippen molar-refractivity contribution in [2.24, 2.45) is 0 Å². The molecule has 0 radical (unpaired) electrons. The minimum absolute atomic E-state index is 0.00759. The van der Waals surface area contributed by atoms with Crippen LogP contribution in [0.5, 0.6) is 0 Å². The molecule has 3 rings (SSSR count). The Kier molecular flexibility index (Phi) is 3.49. The van der Waals surface area contributed by atoms with Crippen LogP contribution < -0.4 is 0 Å². The summed E-state index contributed by atoms with van der Waals surface area (Å²) in [6, 6.07) is 6.36. The Morgan fingerprint density at radius 2 is 2.05 bits per heavy atom. The van der Waals surface area contributed by atoms with Gasteiger partial charge in [0, 0.05) is 6.54 Å². The summed E-state index contributed by atoms with van der Waals surface area (Å²) in [6.07, 6.45) is 1.83. The molecule has 0 unspecified atom stereocenters. The largest absolute Gasteiger partial charge is 0.361 e. The Labute approximate surface area is 122 Å². The van der Waals surface area contributed by atoms with E-state index in [4.69, 9.17) is 4.52 Å². The molecule has 1 aliphatic rings. The molecule has 0 bridgehead atoms. The van der Waals surface area contributed by atoms with Gasteiger partial charge in [-0.25, -0.2) is 4.39 Å². The lowest BCUT2D eigenvalue weighted by Crippen LogP contribution is -2.31. The predicted molar refractivity (Wildman–Crippen MR) is 75.4 cm³/mol. The van der Waals surface area contributed by atoms with Gasteiger partial charge in [0.1, 0.15) is 17.1 Å². The summed E-state index contributed by atoms with van der Waals surface area (Å²) >= 11 is 0. The Bertz CT molecular complexity index is 644. The molecule has 1 aromatic heterocycles. The number of aromatic nitrogens is 1. The summed E-state index contributed by atoms with van der Waals surface area (Å²) in [5.74, 6) is 0.223. The van der Waals surface area contributed by atoms with Crippen LogP contribution in [0.1, 0.15) is 46.3 Å². The number of carbonyl (C=O) groups excluding carboxylic acids is 1. The molecule has 0 aliphatic carbocycles. The third-order valence-corrected chi connectivity index (χ3v) is 4.02. The highest BCUT2D eigenvalue weighted by atomic mass is 19.1. The first-order valence-corrected chi connectivity index (χ1v) is 7.07. The molecule has 1 atom stereocenters. The van der Waals surface area contributed by atoms with E-state index in [0.717, 1.165) is 18.4 Å². The molecular weight excluding hydrogens is 271 g/mol. The molecule has 0 saturated carbocycles. The first kappa shape index (κ1) is 13.8. The second-order valence-electron chi connectivity index (χ2n) is 5.41. The third kappa shape index (κ3) is 2.44. The summed E-state index contributed by atoms with van der Waals surface area (Å²) in [5, 5.41) is 3.85. The number of hydrogen-bond acceptors (Lipinski definition) is 3. The Hall–Kier alpha value is -2.17. The van der Waals surface area contributed by atoms with Crippen molar-refractivity contribution < 1.29 is 13.7 Å². The first-order valence-electron chi connectivity index (χ1n) is 7.07. The van der Waals surface area contributed by atoms with Gasteiger partial charge in [0.2, 0.25) is 0 Å². The van der Waals surface area contributed by atoms with Gasteiger partial charge in [-0.1, -0.05) is 17.3 Å². The van der Waals surface area contributed by atoms with E-state index >= 15 is 0 Å². The zero-order chi connectivity index (χ0) is 15.0. The maximum Gasteiger partial charge on any atom is 0.259 e. The van der Waals surface area contributed by atoms with Crippen LogP contribution in [-0.4, -0.2) is 22.5 Å². The Balaban J connectivity index is 1.90. The third-order valence-electron chi connectivity index (χ3n) is 4.02. The summed E-state index contributed by atoms with van der Waals surface area (Å²) in [7, 11) is 0. The monoisotopic (exact) mass is 288 g/mol. The molecule has 2 heterocycles. The molecule has 1 aliphatic heterocycles. The van der Waals surface area contributed by atoms with Crippen molar-refractivity contribution in [1.82, 2.24) is 10.1 Å². The van der Waals surface area contributed by atoms with E-state index in [1.54, 1.807) is 26.0 Å². The maximum absolute atomic E-state index is 13.1. The fourth-order valence-electron chi connectivity index (χ4n) is 2.97. The van der Waals surface area contributed by atoms with Crippen LogP contribution in [0.2, 0.25) is 0 Å². The van der Waals surface area contributed by atoms with Gasteiger partial charge in [0.05, 0.1) is 11.7 Å². The number of halogens is 1. The smallest absolute Gasteiger partial charge is 0.259 e. The summed E-state index contributed by atoms with van der Waals surface area (Å²) in [5.41, 5.74) is 2.13. The minimum atomic E-state index is -0.264. The average Bonchev–Trinajstić information content (AvgIpc) is 3.07. The van der Waals surface area contributed by atoms with Crippen molar-refractivity contribution in [3.8, 4) is 0 Å². The quantitative estimate of drug-likeness (QED) is 0.850. The van der Waals surface area contributed by atoms with Crippen molar-refractivity contribution >= 4 is 5.91 Å². The molecule has 110 valence electrons. The van der Waals surface area contributed by atoms with Gasteiger partial charge in [-0.2, -0.15) is 0 Å². The molecule has 21 heavy (non-hydrogen) atoms. The van der Waals surface area contributed by atoms with Gasteiger partial charge in [-0.3, -0.25) is 4.79 Å². The molecule has 1 amide bonds. The lowest BCUT2D eigenvalue weighted by atomic mass is 10.0. The van der Waals surface area contributed by atoms with Crippen LogP contribution in [-0.2, 0) is 0 Å². The number of amides is 1. The highest BCUT2D eigenvalue weighted by molar-refractivity contribution is 5.96. The van der Waals surface area contributed by atoms with Crippen LogP contribution in [0.3, 0.4) is 0 Å². The van der Waals surface area contributed by atoms with Crippen LogP contribution in [0.25, 0.3) is 0 Å². The van der Waals surface area contributed by atoms with Crippen LogP contribution in [0.4, 0.5) is 4.39 Å². The molecule has 1 fully saturated rings. The van der Waals surface area contributed by atoms with Gasteiger partial charge in [0.15, 0.2) is 0 Å². The highest BCUT2D eigenvalue weighted by Crippen LogP contribution is 2.34. The molecule has 5 heteroatoms. The number of aryl methyl sites for hydroxylation is 2. The number of likely N-dealkylation sites (tertiary alicyclic amines) is 1. The molecule has 1 saturated heterocycles. The fourth-order valence-corrected chi connectivity index (χ4v) is 2.97. The molecular formula is C16H17FN2O2. The van der Waals surface area contributed by atoms with Gasteiger partial charge < -0.3 is 9.42 Å². The van der Waals surface area contributed by atoms with E-state index in [-0.39, 0.29) is 17.8 Å². The van der Waals surface area contributed by atoms with Gasteiger partial charge in [-0.05, 0) is 44.4 Å². The lowest BCUT2D eigenvalue weighted by molar-refractivity contribution is 0.0733. The Morgan fingerprint density at radius 3 is 2.67 bits per heavy atom. The SMILES string of the molecule is Cc1noc(C)c1C(=O)N1CCC[C@H]1c1ccc(F)cc1. The summed E-state index contributed by atoms with van der Waals surface area (Å²) in [6.45, 7) is 4.22. The van der Waals surface area contributed by atoms with Crippen LogP contribution >= 0.6 is 0 Å². The van der Waals surface area contributed by atoms with E-state index < -0.39 is 0 Å². The molecule has 0 spiro atoms. The summed E-state index contributed by atoms with van der Waals surface area (Å²) in [4.78, 5) is 14.6. The number of benzene rings is 1. The molecule has 1 aromatic carbocycles. The van der Waals surface area contributed by atoms with Gasteiger partial charge in [0.25, 0.3) is 5.91 Å². The van der Waals surface area contributed by atoms with Crippen LogP contribution in [0.15, 0.2) is 28.8 Å². The number of rotatable bonds is 2. The first-order chi connectivity index (χ1) is 10.1. The van der Waals surface area contributed by atoms with E-state index in [1.807, 2.05) is 4.90 Å². The second kappa shape index (κ2) is 5.31. The maximum atomic E-state index is 13.1. The Morgan fingerprint density at radius 1 is 1.33 bits per heavy atom. The number of hydrogen-bond donors (Lipinski definition) is 0. The van der Waals surface area contributed by atoms with E-state index in [2.05, 4.69) is 5.16 Å². The normalized spacial score (nSPS) is 18.2. The van der Waals surface area contributed by atoms with Crippen molar-refractivity contribution in [2.75, 3.05) is 6.54 Å². The zero-order valence-corrected chi connectivity index (χ0v) is 12.1. The fraction of sp³-hybridized carbons (Fsp3) is 0.375. The minimum Gasteiger partial charge on any atom is -0.361 e. The summed E-state index contributed by atoms with van der Waals surface area (Å²) < 4.78 is 18.1. The van der Waals surface area contributed by atoms with Crippen LogP contribution in [0, 0.1) is 19.7 Å². The standard InChI is InChI=1S/C16H17FN2O2/c1-10-15(11(2)21-18-10)16(20)19-9-3-4-14(19)12-5-7-13(17)8-6-12/h5-8,14H,3-4,9H2,1-2H3/t14-/m0/s1. The topological polar surface area (TPSA) is 46.3 Å². The van der Waals surface area contributed by atoms with Gasteiger partial charge >= 0.3 is 0 Å². The molecule has 0 N–H and O–H groups in total. The molecule has 2 aromatic rings. The van der Waals surface area contributed by atoms with E-state index in [1.165, 1.54) is 12.1 Å². The van der Waals surface area contributed by atoms with Crippen molar-refractivity contribution in [3.05, 3.63) is 52.7 Å². The van der Waals surface area contributed by atoms with Crippen molar-refractivity contribution in [2.45, 2.75) is 32.7 Å². The highest BCUT2D eigenvalue weighted by Gasteiger charge is 2.33. The van der Waals surface area contributed by atoms with E-state index in [9.17, 15) is 9.18 Å². The predicted octanol–water partition coefficient (Wildman–Crippen LogP) is 3.41. The van der Waals surface area contributed by atoms with Crippen molar-refractivity contribution in [3.63, 3.8) is 0 Å². The lowest BCUT2D eigenvalue weighted by Gasteiger charge is -2.25. The zero-order valence-electron chi connectivity index (χ0n) is 12.1. The van der Waals surface area contributed by atoms with Gasteiger partial charge in [-0.15, -0.1) is 0 Å². The molecule has 4 nitrogen and oxygen atoms in total. The van der Waals surface area contributed by atoms with Crippen molar-refractivity contribution in [1.29, 1.82) is 0 Å². The van der Waals surface area contributed by atoms with E-state index in [0.29, 0.717) is 23.6 Å². The average molecular weight is 288 g/mol. The number of nitrogens with zero attached hydrogens (tertiary/aromatic N) is 2. The second-order valence-corrected chi connectivity index (χ2v) is 5.41. The number of carbonyl (C=O) groups is 1.